The average Bonchev–Trinajstić information content (AvgIpc) is 3.02. The maximum Gasteiger partial charge on any atom is 0.326 e. The monoisotopic (exact) mass is 655 g/mol. The second kappa shape index (κ2) is 13.5. The number of aromatic nitrogens is 3. The van der Waals surface area contributed by atoms with Crippen molar-refractivity contribution < 1.29 is 22.7 Å². The number of nitrogens with zero attached hydrogens (tertiary/aromatic N) is 4. The number of sulfonamides is 1. The molecule has 0 radical (unpaired) electrons. The van der Waals surface area contributed by atoms with Crippen LogP contribution in [0.3, 0.4) is 0 Å². The van der Waals surface area contributed by atoms with E-state index in [2.05, 4.69) is 30.3 Å². The fourth-order valence-corrected chi connectivity index (χ4v) is 5.54. The van der Waals surface area contributed by atoms with E-state index in [4.69, 9.17) is 9.47 Å². The minimum atomic E-state index is -3.62. The van der Waals surface area contributed by atoms with Crippen molar-refractivity contribution in [3.63, 3.8) is 0 Å². The van der Waals surface area contributed by atoms with Gasteiger partial charge in [-0.3, -0.25) is 4.72 Å². The number of urea groups is 1. The van der Waals surface area contributed by atoms with E-state index < -0.39 is 16.1 Å². The quantitative estimate of drug-likeness (QED) is 0.141. The lowest BCUT2D eigenvalue weighted by Gasteiger charge is -2.24. The van der Waals surface area contributed by atoms with Crippen LogP contribution in [0.25, 0.3) is 10.8 Å². The van der Waals surface area contributed by atoms with E-state index in [0.29, 0.717) is 35.0 Å². The highest BCUT2D eigenvalue weighted by atomic mass is 32.2. The summed E-state index contributed by atoms with van der Waals surface area (Å²) < 4.78 is 38.4. The molecule has 0 aliphatic carbocycles. The topological polar surface area (TPSA) is 148 Å². The zero-order valence-corrected chi connectivity index (χ0v) is 27.8. The van der Waals surface area contributed by atoms with Crippen molar-refractivity contribution in [3.8, 4) is 17.5 Å². The first-order chi connectivity index (χ1) is 22.4. The minimum Gasteiger partial charge on any atom is -0.492 e. The molecule has 244 valence electrons. The predicted molar refractivity (Wildman–Crippen MR) is 186 cm³/mol. The molecule has 5 rings (SSSR count). The number of anilines is 5. The summed E-state index contributed by atoms with van der Waals surface area (Å²) in [4.78, 5) is 28.5. The van der Waals surface area contributed by atoms with Gasteiger partial charge in [0.1, 0.15) is 12.1 Å². The summed E-state index contributed by atoms with van der Waals surface area (Å²) in [6.45, 7) is 8.61. The smallest absolute Gasteiger partial charge is 0.326 e. The normalized spacial score (nSPS) is 11.5. The number of benzene rings is 4. The first-order valence-corrected chi connectivity index (χ1v) is 16.7. The molecule has 0 aliphatic heterocycles. The minimum absolute atomic E-state index is 0.123. The summed E-state index contributed by atoms with van der Waals surface area (Å²) in [7, 11) is -2.21. The van der Waals surface area contributed by atoms with Gasteiger partial charge in [-0.1, -0.05) is 63.2 Å². The molecule has 2 amide bonds. The summed E-state index contributed by atoms with van der Waals surface area (Å²) >= 11 is 0. The van der Waals surface area contributed by atoms with Crippen LogP contribution >= 0.6 is 0 Å². The van der Waals surface area contributed by atoms with E-state index in [1.54, 1.807) is 24.3 Å². The van der Waals surface area contributed by atoms with Gasteiger partial charge in [0.25, 0.3) is 0 Å². The molecular weight excluding hydrogens is 618 g/mol. The number of amides is 2. The van der Waals surface area contributed by atoms with Gasteiger partial charge in [-0.05, 0) is 54.3 Å². The van der Waals surface area contributed by atoms with Gasteiger partial charge in [-0.15, -0.1) is 0 Å². The molecule has 0 aliphatic rings. The third-order valence-corrected chi connectivity index (χ3v) is 7.79. The summed E-state index contributed by atoms with van der Waals surface area (Å²) in [5.74, 6) is 1.11. The molecule has 47 heavy (non-hydrogen) atoms. The molecule has 12 nitrogen and oxygen atoms in total. The molecule has 4 aromatic carbocycles. The number of rotatable bonds is 10. The van der Waals surface area contributed by atoms with Gasteiger partial charge in [0, 0.05) is 23.0 Å². The molecule has 13 heteroatoms. The number of carbonyl (C=O) groups is 1. The number of hydrogen-bond donors (Lipinski definition) is 3. The Bertz CT molecular complexity index is 2020. The van der Waals surface area contributed by atoms with Crippen molar-refractivity contribution in [2.45, 2.75) is 33.1 Å². The van der Waals surface area contributed by atoms with Crippen molar-refractivity contribution in [3.05, 3.63) is 90.8 Å². The van der Waals surface area contributed by atoms with E-state index >= 15 is 0 Å². The zero-order valence-electron chi connectivity index (χ0n) is 27.0. The number of methoxy groups -OCH3 is 1. The second-order valence-electron chi connectivity index (χ2n) is 11.7. The Balaban J connectivity index is 1.42. The lowest BCUT2D eigenvalue weighted by atomic mass is 9.86. The van der Waals surface area contributed by atoms with E-state index in [1.165, 1.54) is 13.4 Å². The van der Waals surface area contributed by atoms with Gasteiger partial charge >= 0.3 is 12.0 Å². The van der Waals surface area contributed by atoms with Crippen molar-refractivity contribution in [1.82, 2.24) is 15.0 Å². The lowest BCUT2D eigenvalue weighted by Crippen LogP contribution is -2.22. The fourth-order valence-electron chi connectivity index (χ4n) is 4.99. The Kier molecular flexibility index (Phi) is 9.47. The maximum absolute atomic E-state index is 13.4. The standard InChI is InChI=1S/C34H37N7O5S/c1-7-41(23-13-9-8-10-14-23)31-35-21-36-33(39-31)46-29-18-17-26(24-15-11-12-16-25(24)29)37-32(42)38-27-19-22(34(2,3)4)20-28(30(27)45-5)40-47(6,43)44/h8-21,40H,7H2,1-6H3,(H2,37,38,42). The molecule has 0 saturated heterocycles. The van der Waals surface area contributed by atoms with Crippen LogP contribution in [-0.2, 0) is 15.4 Å². The van der Waals surface area contributed by atoms with Crippen LogP contribution in [0.5, 0.6) is 17.5 Å². The van der Waals surface area contributed by atoms with Crippen LogP contribution in [0.1, 0.15) is 33.3 Å². The maximum atomic E-state index is 13.4. The van der Waals surface area contributed by atoms with E-state index in [-0.39, 0.29) is 22.9 Å². The number of carbonyl (C=O) groups excluding carboxylic acids is 1. The zero-order chi connectivity index (χ0) is 33.8. The van der Waals surface area contributed by atoms with Crippen LogP contribution in [0.2, 0.25) is 0 Å². The van der Waals surface area contributed by atoms with Crippen molar-refractivity contribution in [2.75, 3.05) is 40.2 Å². The molecule has 1 heterocycles. The number of fused-ring (bicyclic) bond motifs is 1. The Morgan fingerprint density at radius 1 is 0.872 bits per heavy atom. The van der Waals surface area contributed by atoms with Crippen molar-refractivity contribution >= 4 is 55.5 Å². The molecule has 0 saturated carbocycles. The van der Waals surface area contributed by atoms with Crippen LogP contribution in [-0.4, -0.2) is 49.3 Å². The molecule has 0 fully saturated rings. The van der Waals surface area contributed by atoms with E-state index in [1.807, 2.05) is 87.2 Å². The Hall–Kier alpha value is -5.43. The highest BCUT2D eigenvalue weighted by Crippen LogP contribution is 2.40. The largest absolute Gasteiger partial charge is 0.492 e. The van der Waals surface area contributed by atoms with E-state index in [0.717, 1.165) is 22.9 Å². The summed E-state index contributed by atoms with van der Waals surface area (Å²) in [5.41, 5.74) is 2.42. The molecular formula is C34H37N7O5S. The van der Waals surface area contributed by atoms with E-state index in [9.17, 15) is 13.2 Å². The molecule has 0 unspecified atom stereocenters. The molecule has 3 N–H and O–H groups in total. The van der Waals surface area contributed by atoms with Gasteiger partial charge in [-0.25, -0.2) is 18.2 Å². The molecule has 0 spiro atoms. The van der Waals surface area contributed by atoms with Crippen LogP contribution < -0.4 is 29.7 Å². The number of hydrogen-bond acceptors (Lipinski definition) is 9. The third kappa shape index (κ3) is 7.87. The second-order valence-corrected chi connectivity index (χ2v) is 13.5. The highest BCUT2D eigenvalue weighted by Gasteiger charge is 2.23. The summed E-state index contributed by atoms with van der Waals surface area (Å²) in [6, 6.07) is 23.7. The molecule has 0 bridgehead atoms. The Morgan fingerprint density at radius 2 is 1.53 bits per heavy atom. The molecule has 0 atom stereocenters. The highest BCUT2D eigenvalue weighted by molar-refractivity contribution is 7.92. The molecule has 1 aromatic heterocycles. The van der Waals surface area contributed by atoms with Crippen molar-refractivity contribution in [2.24, 2.45) is 0 Å². The Labute approximate surface area is 274 Å². The summed E-state index contributed by atoms with van der Waals surface area (Å²) in [6.07, 6.45) is 2.46. The number of nitrogens with one attached hydrogen (secondary N) is 3. The van der Waals surface area contributed by atoms with Crippen LogP contribution in [0.15, 0.2) is 85.2 Å². The number of ether oxygens (including phenoxy) is 2. The van der Waals surface area contributed by atoms with Gasteiger partial charge in [0.05, 0.1) is 30.4 Å². The third-order valence-electron chi connectivity index (χ3n) is 7.20. The van der Waals surface area contributed by atoms with Crippen LogP contribution in [0, 0.1) is 0 Å². The van der Waals surface area contributed by atoms with Gasteiger partial charge < -0.3 is 25.0 Å². The van der Waals surface area contributed by atoms with Crippen molar-refractivity contribution in [1.29, 1.82) is 0 Å². The first kappa shape index (κ1) is 32.9. The van der Waals surface area contributed by atoms with Gasteiger partial charge in [0.2, 0.25) is 16.0 Å². The molecule has 5 aromatic rings. The Morgan fingerprint density at radius 3 is 2.19 bits per heavy atom. The predicted octanol–water partition coefficient (Wildman–Crippen LogP) is 7.30. The SMILES string of the molecule is CCN(c1ccccc1)c1ncnc(Oc2ccc(NC(=O)Nc3cc(C(C)(C)C)cc(NS(C)(=O)=O)c3OC)c3ccccc23)n1. The average molecular weight is 656 g/mol. The first-order valence-electron chi connectivity index (χ1n) is 14.9. The van der Waals surface area contributed by atoms with Gasteiger partial charge in [0.15, 0.2) is 5.75 Å². The fraction of sp³-hybridized carbons (Fsp3) is 0.235. The van der Waals surface area contributed by atoms with Crippen LogP contribution in [0.4, 0.5) is 33.5 Å². The lowest BCUT2D eigenvalue weighted by molar-refractivity contribution is 0.262. The number of para-hydroxylation sites is 1. The summed E-state index contributed by atoms with van der Waals surface area (Å²) in [5, 5.41) is 7.16. The van der Waals surface area contributed by atoms with Gasteiger partial charge in [-0.2, -0.15) is 9.97 Å².